The summed E-state index contributed by atoms with van der Waals surface area (Å²) in [5, 5.41) is 0. The Kier molecular flexibility index (Phi) is 8.22. The summed E-state index contributed by atoms with van der Waals surface area (Å²) in [4.78, 5) is 14.8. The number of aryl methyl sites for hydroxylation is 2. The molecule has 0 aromatic carbocycles. The lowest BCUT2D eigenvalue weighted by Gasteiger charge is -2.05. The molecule has 2 rings (SSSR count). The van der Waals surface area contributed by atoms with Crippen molar-refractivity contribution in [3.63, 3.8) is 0 Å². The van der Waals surface area contributed by atoms with E-state index < -0.39 is 12.0 Å². The SMILES string of the molecule is CC.CC.Cc1cc(C)nc(-c2cnc(C(F)(F)F)nc2)n1. The molecule has 0 N–H and O–H groups in total. The Bertz CT molecular complexity index is 546. The van der Waals surface area contributed by atoms with Crippen LogP contribution in [0.2, 0.25) is 0 Å². The molecule has 0 atom stereocenters. The van der Waals surface area contributed by atoms with Crippen LogP contribution in [0.1, 0.15) is 44.9 Å². The molecule has 0 saturated heterocycles. The van der Waals surface area contributed by atoms with Crippen molar-refractivity contribution in [3.05, 3.63) is 35.7 Å². The summed E-state index contributed by atoms with van der Waals surface area (Å²) in [7, 11) is 0. The molecule has 22 heavy (non-hydrogen) atoms. The molecule has 0 fully saturated rings. The first-order chi connectivity index (χ1) is 10.4. The molecule has 7 heteroatoms. The average Bonchev–Trinajstić information content (AvgIpc) is 2.50. The van der Waals surface area contributed by atoms with Gasteiger partial charge in [0.05, 0.1) is 5.56 Å². The van der Waals surface area contributed by atoms with Crippen LogP contribution in [-0.2, 0) is 6.18 Å². The minimum Gasteiger partial charge on any atom is -0.233 e. The third-order valence-electron chi connectivity index (χ3n) is 2.15. The number of halogens is 3. The Morgan fingerprint density at radius 1 is 0.818 bits per heavy atom. The molecule has 0 spiro atoms. The number of rotatable bonds is 1. The molecule has 0 aliphatic carbocycles. The van der Waals surface area contributed by atoms with Gasteiger partial charge in [0.25, 0.3) is 0 Å². The number of aromatic nitrogens is 4. The van der Waals surface area contributed by atoms with E-state index in [0.29, 0.717) is 11.4 Å². The van der Waals surface area contributed by atoms with Crippen LogP contribution in [0, 0.1) is 13.8 Å². The molecule has 0 unspecified atom stereocenters. The monoisotopic (exact) mass is 314 g/mol. The number of hydrogen-bond donors (Lipinski definition) is 0. The van der Waals surface area contributed by atoms with Crippen LogP contribution in [-0.4, -0.2) is 19.9 Å². The van der Waals surface area contributed by atoms with Crippen molar-refractivity contribution in [1.82, 2.24) is 19.9 Å². The second-order valence-corrected chi connectivity index (χ2v) is 3.77. The van der Waals surface area contributed by atoms with E-state index in [1.165, 1.54) is 0 Å². The smallest absolute Gasteiger partial charge is 0.233 e. The van der Waals surface area contributed by atoms with Crippen LogP contribution in [0.15, 0.2) is 18.5 Å². The largest absolute Gasteiger partial charge is 0.451 e. The molecule has 2 aromatic heterocycles. The third-order valence-corrected chi connectivity index (χ3v) is 2.15. The van der Waals surface area contributed by atoms with Gasteiger partial charge >= 0.3 is 6.18 Å². The minimum absolute atomic E-state index is 0.321. The predicted octanol–water partition coefficient (Wildman–Crippen LogP) is 4.62. The Balaban J connectivity index is 0.00000102. The Hall–Kier alpha value is -2.05. The van der Waals surface area contributed by atoms with Crippen molar-refractivity contribution in [3.8, 4) is 11.4 Å². The van der Waals surface area contributed by atoms with Crippen molar-refractivity contribution in [2.45, 2.75) is 47.7 Å². The quantitative estimate of drug-likeness (QED) is 0.770. The van der Waals surface area contributed by atoms with Crippen LogP contribution in [0.5, 0.6) is 0 Å². The molecular weight excluding hydrogens is 293 g/mol. The summed E-state index contributed by atoms with van der Waals surface area (Å²) in [5.41, 5.74) is 1.82. The lowest BCUT2D eigenvalue weighted by Crippen LogP contribution is -2.10. The normalized spacial score (nSPS) is 10.0. The van der Waals surface area contributed by atoms with Crippen LogP contribution < -0.4 is 0 Å². The first-order valence-corrected chi connectivity index (χ1v) is 7.08. The van der Waals surface area contributed by atoms with Gasteiger partial charge in [-0.05, 0) is 19.9 Å². The van der Waals surface area contributed by atoms with Gasteiger partial charge in [-0.1, -0.05) is 27.7 Å². The van der Waals surface area contributed by atoms with Crippen molar-refractivity contribution in [2.24, 2.45) is 0 Å². The van der Waals surface area contributed by atoms with Gasteiger partial charge in [0, 0.05) is 23.8 Å². The molecule has 0 aliphatic heterocycles. The maximum atomic E-state index is 12.3. The standard InChI is InChI=1S/C11H9F3N4.2C2H6/c1-6-3-7(2)18-9(17-6)8-4-15-10(16-5-8)11(12,13)14;2*1-2/h3-5H,1-2H3;2*1-2H3. The summed E-state index contributed by atoms with van der Waals surface area (Å²) in [5.74, 6) is -0.850. The summed E-state index contributed by atoms with van der Waals surface area (Å²) >= 11 is 0. The zero-order valence-corrected chi connectivity index (χ0v) is 13.7. The third kappa shape index (κ3) is 5.75. The minimum atomic E-state index is -4.54. The molecule has 4 nitrogen and oxygen atoms in total. The van der Waals surface area contributed by atoms with Gasteiger partial charge < -0.3 is 0 Å². The average molecular weight is 314 g/mol. The molecule has 0 radical (unpaired) electrons. The van der Waals surface area contributed by atoms with Gasteiger partial charge in [0.2, 0.25) is 5.82 Å². The van der Waals surface area contributed by atoms with Crippen molar-refractivity contribution in [2.75, 3.05) is 0 Å². The summed E-state index contributed by atoms with van der Waals surface area (Å²) in [6, 6.07) is 1.77. The number of hydrogen-bond acceptors (Lipinski definition) is 4. The Labute approximate surface area is 128 Å². The summed E-state index contributed by atoms with van der Waals surface area (Å²) in [6.07, 6.45) is -2.39. The zero-order valence-electron chi connectivity index (χ0n) is 13.7. The van der Waals surface area contributed by atoms with Crippen molar-refractivity contribution >= 4 is 0 Å². The van der Waals surface area contributed by atoms with Gasteiger partial charge in [-0.15, -0.1) is 0 Å². The molecular formula is C15H21F3N4. The van der Waals surface area contributed by atoms with Crippen LogP contribution >= 0.6 is 0 Å². The molecule has 0 amide bonds. The molecule has 2 heterocycles. The fourth-order valence-electron chi connectivity index (χ4n) is 1.44. The van der Waals surface area contributed by atoms with E-state index in [1.807, 2.05) is 27.7 Å². The number of alkyl halides is 3. The highest BCUT2D eigenvalue weighted by atomic mass is 19.4. The predicted molar refractivity (Wildman–Crippen MR) is 80.2 cm³/mol. The van der Waals surface area contributed by atoms with Gasteiger partial charge in [0.15, 0.2) is 5.82 Å². The van der Waals surface area contributed by atoms with Crippen LogP contribution in [0.4, 0.5) is 13.2 Å². The summed E-state index contributed by atoms with van der Waals surface area (Å²) < 4.78 is 36.9. The molecule has 2 aromatic rings. The van der Waals surface area contributed by atoms with E-state index in [9.17, 15) is 13.2 Å². The maximum Gasteiger partial charge on any atom is 0.451 e. The zero-order chi connectivity index (χ0) is 17.3. The highest BCUT2D eigenvalue weighted by molar-refractivity contribution is 5.52. The maximum absolute atomic E-state index is 12.3. The van der Waals surface area contributed by atoms with Gasteiger partial charge in [0.1, 0.15) is 0 Å². The second kappa shape index (κ2) is 9.07. The first kappa shape index (κ1) is 19.9. The Morgan fingerprint density at radius 3 is 1.59 bits per heavy atom. The number of nitrogens with zero attached hydrogens (tertiary/aromatic N) is 4. The molecule has 0 bridgehead atoms. The highest BCUT2D eigenvalue weighted by Gasteiger charge is 2.34. The molecule has 0 aliphatic rings. The van der Waals surface area contributed by atoms with Crippen LogP contribution in [0.3, 0.4) is 0 Å². The molecule has 122 valence electrons. The van der Waals surface area contributed by atoms with Crippen LogP contribution in [0.25, 0.3) is 11.4 Å². The van der Waals surface area contributed by atoms with E-state index in [0.717, 1.165) is 23.8 Å². The fraction of sp³-hybridized carbons (Fsp3) is 0.467. The van der Waals surface area contributed by atoms with E-state index >= 15 is 0 Å². The van der Waals surface area contributed by atoms with E-state index in [1.54, 1.807) is 19.9 Å². The lowest BCUT2D eigenvalue weighted by molar-refractivity contribution is -0.144. The first-order valence-electron chi connectivity index (χ1n) is 7.08. The highest BCUT2D eigenvalue weighted by Crippen LogP contribution is 2.26. The Morgan fingerprint density at radius 2 is 1.23 bits per heavy atom. The lowest BCUT2D eigenvalue weighted by atomic mass is 10.3. The van der Waals surface area contributed by atoms with E-state index in [4.69, 9.17) is 0 Å². The van der Waals surface area contributed by atoms with E-state index in [2.05, 4.69) is 19.9 Å². The van der Waals surface area contributed by atoms with Crippen molar-refractivity contribution < 1.29 is 13.2 Å². The van der Waals surface area contributed by atoms with Gasteiger partial charge in [-0.2, -0.15) is 13.2 Å². The summed E-state index contributed by atoms with van der Waals surface area (Å²) in [6.45, 7) is 11.6. The fourth-order valence-corrected chi connectivity index (χ4v) is 1.44. The second-order valence-electron chi connectivity index (χ2n) is 3.77. The van der Waals surface area contributed by atoms with Gasteiger partial charge in [-0.3, -0.25) is 0 Å². The van der Waals surface area contributed by atoms with Gasteiger partial charge in [-0.25, -0.2) is 19.9 Å². The topological polar surface area (TPSA) is 51.6 Å². The molecule has 0 saturated carbocycles. The van der Waals surface area contributed by atoms with E-state index in [-0.39, 0.29) is 0 Å². The van der Waals surface area contributed by atoms with Crippen molar-refractivity contribution in [1.29, 1.82) is 0 Å².